The maximum Gasteiger partial charge on any atom is 0.219 e. The minimum atomic E-state index is -0.923. The number of hydrogen-bond acceptors (Lipinski definition) is 4. The molecule has 1 saturated heterocycles. The summed E-state index contributed by atoms with van der Waals surface area (Å²) in [7, 11) is 0. The largest absolute Gasteiger partial charge is 0.374 e. The number of benzene rings is 1. The van der Waals surface area contributed by atoms with Crippen molar-refractivity contribution in [1.29, 1.82) is 0 Å². The molecule has 1 fully saturated rings. The first kappa shape index (κ1) is 18.5. The summed E-state index contributed by atoms with van der Waals surface area (Å²) in [6.45, 7) is 6.40. The van der Waals surface area contributed by atoms with Gasteiger partial charge >= 0.3 is 0 Å². The van der Waals surface area contributed by atoms with Crippen LogP contribution in [0, 0.1) is 11.6 Å². The van der Waals surface area contributed by atoms with Gasteiger partial charge in [-0.2, -0.15) is 5.10 Å². The fourth-order valence-electron chi connectivity index (χ4n) is 2.90. The molecular formula is C18H22F2N4O2. The highest BCUT2D eigenvalue weighted by Crippen LogP contribution is 2.16. The van der Waals surface area contributed by atoms with E-state index in [-0.39, 0.29) is 11.6 Å². The van der Waals surface area contributed by atoms with Gasteiger partial charge in [-0.05, 0) is 18.2 Å². The molecule has 0 aliphatic carbocycles. The summed E-state index contributed by atoms with van der Waals surface area (Å²) in [6, 6.07) is 5.70. The maximum atomic E-state index is 13.8. The van der Waals surface area contributed by atoms with E-state index in [0.29, 0.717) is 18.9 Å². The lowest BCUT2D eigenvalue weighted by Gasteiger charge is -2.34. The molecule has 1 aliphatic rings. The van der Waals surface area contributed by atoms with E-state index in [1.54, 1.807) is 19.2 Å². The first-order valence-electron chi connectivity index (χ1n) is 8.59. The summed E-state index contributed by atoms with van der Waals surface area (Å²) < 4.78 is 34.0. The van der Waals surface area contributed by atoms with Crippen LogP contribution in [0.5, 0.6) is 0 Å². The van der Waals surface area contributed by atoms with Crippen LogP contribution in [0.1, 0.15) is 12.6 Å². The lowest BCUT2D eigenvalue weighted by molar-refractivity contribution is -0.130. The van der Waals surface area contributed by atoms with Crippen molar-refractivity contribution < 1.29 is 18.3 Å². The number of hydrogen-bond donors (Lipinski definition) is 0. The van der Waals surface area contributed by atoms with E-state index in [9.17, 15) is 13.6 Å². The standard InChI is InChI=1S/C18H22F2N4O2/c1-14(25)23-9-7-22(8-10-23)11-12-26-13-15-5-6-24(21-15)17-4-2-3-16(19)18(17)20/h2-6H,7-13H2,1H3. The summed E-state index contributed by atoms with van der Waals surface area (Å²) in [5, 5.41) is 4.22. The van der Waals surface area contributed by atoms with Crippen molar-refractivity contribution in [2.24, 2.45) is 0 Å². The van der Waals surface area contributed by atoms with Crippen molar-refractivity contribution in [1.82, 2.24) is 19.6 Å². The van der Waals surface area contributed by atoms with Crippen LogP contribution in [0.2, 0.25) is 0 Å². The van der Waals surface area contributed by atoms with E-state index in [4.69, 9.17) is 4.74 Å². The third kappa shape index (κ3) is 4.44. The second-order valence-electron chi connectivity index (χ2n) is 6.22. The minimum Gasteiger partial charge on any atom is -0.374 e. The van der Waals surface area contributed by atoms with Gasteiger partial charge < -0.3 is 9.64 Å². The summed E-state index contributed by atoms with van der Waals surface area (Å²) >= 11 is 0. The van der Waals surface area contributed by atoms with Crippen LogP contribution in [0.25, 0.3) is 5.69 Å². The smallest absolute Gasteiger partial charge is 0.219 e. The normalized spacial score (nSPS) is 15.4. The maximum absolute atomic E-state index is 13.8. The number of ether oxygens (including phenoxy) is 1. The molecule has 1 aliphatic heterocycles. The van der Waals surface area contributed by atoms with Gasteiger partial charge in [0.15, 0.2) is 11.6 Å². The Bertz CT molecular complexity index is 757. The van der Waals surface area contributed by atoms with Gasteiger partial charge in [-0.1, -0.05) is 6.07 Å². The number of rotatable bonds is 6. The molecule has 3 rings (SSSR count). The molecule has 0 N–H and O–H groups in total. The minimum absolute atomic E-state index is 0.0691. The predicted molar refractivity (Wildman–Crippen MR) is 91.8 cm³/mol. The molecule has 8 heteroatoms. The Morgan fingerprint density at radius 1 is 1.19 bits per heavy atom. The lowest BCUT2D eigenvalue weighted by Crippen LogP contribution is -2.48. The van der Waals surface area contributed by atoms with Crippen molar-refractivity contribution in [2.45, 2.75) is 13.5 Å². The van der Waals surface area contributed by atoms with E-state index >= 15 is 0 Å². The highest BCUT2D eigenvalue weighted by Gasteiger charge is 2.18. The number of piperazine rings is 1. The second-order valence-corrected chi connectivity index (χ2v) is 6.22. The third-order valence-corrected chi connectivity index (χ3v) is 4.44. The van der Waals surface area contributed by atoms with Crippen LogP contribution in [-0.2, 0) is 16.1 Å². The SMILES string of the molecule is CC(=O)N1CCN(CCOCc2ccn(-c3cccc(F)c3F)n2)CC1. The van der Waals surface area contributed by atoms with Crippen molar-refractivity contribution >= 4 is 5.91 Å². The van der Waals surface area contributed by atoms with Crippen molar-refractivity contribution in [3.05, 3.63) is 47.8 Å². The fraction of sp³-hybridized carbons (Fsp3) is 0.444. The topological polar surface area (TPSA) is 50.6 Å². The molecule has 26 heavy (non-hydrogen) atoms. The Labute approximate surface area is 151 Å². The summed E-state index contributed by atoms with van der Waals surface area (Å²) in [5.41, 5.74) is 0.717. The molecule has 0 unspecified atom stereocenters. The quantitative estimate of drug-likeness (QED) is 0.734. The number of aromatic nitrogens is 2. The second kappa shape index (κ2) is 8.37. The average Bonchev–Trinajstić information content (AvgIpc) is 3.10. The molecule has 2 heterocycles. The Balaban J connectivity index is 1.43. The first-order valence-corrected chi connectivity index (χ1v) is 8.59. The van der Waals surface area contributed by atoms with Crippen LogP contribution >= 0.6 is 0 Å². The zero-order valence-corrected chi connectivity index (χ0v) is 14.7. The highest BCUT2D eigenvalue weighted by molar-refractivity contribution is 5.73. The molecule has 1 amide bonds. The molecule has 0 bridgehead atoms. The number of amides is 1. The molecule has 0 saturated carbocycles. The van der Waals surface area contributed by atoms with E-state index in [1.165, 1.54) is 16.8 Å². The average molecular weight is 364 g/mol. The molecule has 1 aromatic carbocycles. The number of carbonyl (C=O) groups is 1. The highest BCUT2D eigenvalue weighted by atomic mass is 19.2. The zero-order valence-electron chi connectivity index (χ0n) is 14.7. The zero-order chi connectivity index (χ0) is 18.5. The van der Waals surface area contributed by atoms with Crippen molar-refractivity contribution in [3.8, 4) is 5.69 Å². The van der Waals surface area contributed by atoms with Crippen LogP contribution in [0.3, 0.4) is 0 Å². The Hall–Kier alpha value is -2.32. The molecule has 0 radical (unpaired) electrons. The number of carbonyl (C=O) groups excluding carboxylic acids is 1. The van der Waals surface area contributed by atoms with Gasteiger partial charge in [0.25, 0.3) is 0 Å². The third-order valence-electron chi connectivity index (χ3n) is 4.44. The van der Waals surface area contributed by atoms with Gasteiger partial charge in [-0.25, -0.2) is 13.5 Å². The van der Waals surface area contributed by atoms with Gasteiger partial charge in [0.2, 0.25) is 5.91 Å². The summed E-state index contributed by atoms with van der Waals surface area (Å²) in [4.78, 5) is 15.4. The van der Waals surface area contributed by atoms with E-state index in [2.05, 4.69) is 10.00 Å². The Morgan fingerprint density at radius 3 is 2.69 bits per heavy atom. The summed E-state index contributed by atoms with van der Waals surface area (Å²) in [6.07, 6.45) is 1.58. The van der Waals surface area contributed by atoms with Crippen LogP contribution in [0.15, 0.2) is 30.5 Å². The lowest BCUT2D eigenvalue weighted by atomic mass is 10.3. The molecule has 2 aromatic rings. The molecular weight excluding hydrogens is 342 g/mol. The van der Waals surface area contributed by atoms with Gasteiger partial charge in [0, 0.05) is 45.8 Å². The molecule has 0 atom stereocenters. The van der Waals surface area contributed by atoms with Gasteiger partial charge in [-0.3, -0.25) is 9.69 Å². The van der Waals surface area contributed by atoms with Gasteiger partial charge in [0.05, 0.1) is 18.9 Å². The van der Waals surface area contributed by atoms with Crippen LogP contribution < -0.4 is 0 Å². The molecule has 0 spiro atoms. The molecule has 140 valence electrons. The van der Waals surface area contributed by atoms with E-state index in [1.807, 2.05) is 4.90 Å². The predicted octanol–water partition coefficient (Wildman–Crippen LogP) is 1.83. The van der Waals surface area contributed by atoms with E-state index in [0.717, 1.165) is 38.8 Å². The van der Waals surface area contributed by atoms with Gasteiger partial charge in [-0.15, -0.1) is 0 Å². The molecule has 6 nitrogen and oxygen atoms in total. The first-order chi connectivity index (χ1) is 12.5. The van der Waals surface area contributed by atoms with Crippen molar-refractivity contribution in [3.63, 3.8) is 0 Å². The fourth-order valence-corrected chi connectivity index (χ4v) is 2.90. The van der Waals surface area contributed by atoms with Gasteiger partial charge in [0.1, 0.15) is 5.69 Å². The van der Waals surface area contributed by atoms with Crippen molar-refractivity contribution in [2.75, 3.05) is 39.3 Å². The molecule has 1 aromatic heterocycles. The number of halogens is 2. The monoisotopic (exact) mass is 364 g/mol. The Morgan fingerprint density at radius 2 is 1.96 bits per heavy atom. The van der Waals surface area contributed by atoms with E-state index < -0.39 is 11.6 Å². The Kier molecular flexibility index (Phi) is 5.95. The van der Waals surface area contributed by atoms with Crippen LogP contribution in [0.4, 0.5) is 8.78 Å². The number of nitrogens with zero attached hydrogens (tertiary/aromatic N) is 4. The van der Waals surface area contributed by atoms with Crippen LogP contribution in [-0.4, -0.2) is 64.8 Å². The summed E-state index contributed by atoms with van der Waals surface area (Å²) in [5.74, 6) is -1.71.